The van der Waals surface area contributed by atoms with E-state index in [2.05, 4.69) is 0 Å². The molecule has 1 aliphatic heterocycles. The Kier molecular flexibility index (Phi) is 5.39. The van der Waals surface area contributed by atoms with Gasteiger partial charge in [0.1, 0.15) is 17.6 Å². The highest BCUT2D eigenvalue weighted by Crippen LogP contribution is 2.21. The van der Waals surface area contributed by atoms with Crippen molar-refractivity contribution in [2.24, 2.45) is 5.73 Å². The summed E-state index contributed by atoms with van der Waals surface area (Å²) >= 11 is 0. The molecule has 1 heterocycles. The predicted molar refractivity (Wildman–Crippen MR) is 101 cm³/mol. The number of amidine groups is 1. The van der Waals surface area contributed by atoms with Gasteiger partial charge >= 0.3 is 11.9 Å². The number of carbonyl (C=O) groups excluding carboxylic acids is 2. The molecule has 0 unspecified atom stereocenters. The molecule has 4 N–H and O–H groups in total. The van der Waals surface area contributed by atoms with Crippen LogP contribution in [0.15, 0.2) is 48.5 Å². The van der Waals surface area contributed by atoms with E-state index >= 15 is 0 Å². The summed E-state index contributed by atoms with van der Waals surface area (Å²) in [7, 11) is 0. The van der Waals surface area contributed by atoms with Gasteiger partial charge in [0.25, 0.3) is 5.91 Å². The Morgan fingerprint density at radius 2 is 1.57 bits per heavy atom. The SMILES string of the molecule is N=C(N)c1ccc(OC(=O)c2ccc(C(=O)N3CCC[C@@H]3C(=O)O)cc2)cc1. The fraction of sp³-hybridized carbons (Fsp3) is 0.200. The Morgan fingerprint density at radius 3 is 2.14 bits per heavy atom. The monoisotopic (exact) mass is 381 g/mol. The van der Waals surface area contributed by atoms with Crippen molar-refractivity contribution >= 4 is 23.7 Å². The molecule has 144 valence electrons. The number of hydrogen-bond acceptors (Lipinski definition) is 5. The normalized spacial score (nSPS) is 15.9. The van der Waals surface area contributed by atoms with E-state index in [0.29, 0.717) is 36.3 Å². The number of ether oxygens (including phenoxy) is 1. The smallest absolute Gasteiger partial charge is 0.343 e. The second kappa shape index (κ2) is 7.91. The number of amides is 1. The number of aliphatic carboxylic acids is 1. The number of nitrogen functional groups attached to an aromatic ring is 1. The van der Waals surface area contributed by atoms with Crippen LogP contribution in [0.3, 0.4) is 0 Å². The van der Waals surface area contributed by atoms with Crippen molar-refractivity contribution in [3.05, 3.63) is 65.2 Å². The van der Waals surface area contributed by atoms with Gasteiger partial charge in [-0.05, 0) is 61.4 Å². The third-order valence-electron chi connectivity index (χ3n) is 4.54. The molecule has 0 aliphatic carbocycles. The highest BCUT2D eigenvalue weighted by Gasteiger charge is 2.34. The van der Waals surface area contributed by atoms with Gasteiger partial charge in [-0.1, -0.05) is 0 Å². The minimum Gasteiger partial charge on any atom is -0.480 e. The first-order valence-electron chi connectivity index (χ1n) is 8.67. The number of benzene rings is 2. The van der Waals surface area contributed by atoms with Crippen LogP contribution in [0, 0.1) is 5.41 Å². The van der Waals surface area contributed by atoms with E-state index in [1.807, 2.05) is 0 Å². The number of carboxylic acid groups (broad SMARTS) is 1. The second-order valence-corrected chi connectivity index (χ2v) is 6.40. The van der Waals surface area contributed by atoms with Gasteiger partial charge < -0.3 is 20.5 Å². The fourth-order valence-electron chi connectivity index (χ4n) is 3.05. The maximum Gasteiger partial charge on any atom is 0.343 e. The number of rotatable bonds is 5. The number of nitrogens with two attached hydrogens (primary N) is 1. The van der Waals surface area contributed by atoms with Gasteiger partial charge in [-0.25, -0.2) is 9.59 Å². The van der Waals surface area contributed by atoms with E-state index in [4.69, 9.17) is 15.9 Å². The quantitative estimate of drug-likeness (QED) is 0.313. The van der Waals surface area contributed by atoms with Crippen molar-refractivity contribution < 1.29 is 24.2 Å². The zero-order valence-electron chi connectivity index (χ0n) is 14.9. The number of carboxylic acids is 1. The lowest BCUT2D eigenvalue weighted by molar-refractivity contribution is -0.141. The Bertz CT molecular complexity index is 922. The predicted octanol–water partition coefficient (Wildman–Crippen LogP) is 1.88. The lowest BCUT2D eigenvalue weighted by Gasteiger charge is -2.21. The summed E-state index contributed by atoms with van der Waals surface area (Å²) < 4.78 is 5.26. The minimum absolute atomic E-state index is 0.0822. The van der Waals surface area contributed by atoms with Crippen LogP contribution in [0.25, 0.3) is 0 Å². The van der Waals surface area contributed by atoms with Crippen molar-refractivity contribution in [2.45, 2.75) is 18.9 Å². The third-order valence-corrected chi connectivity index (χ3v) is 4.54. The van der Waals surface area contributed by atoms with Crippen molar-refractivity contribution in [1.82, 2.24) is 4.90 Å². The van der Waals surface area contributed by atoms with Crippen LogP contribution in [0.2, 0.25) is 0 Å². The van der Waals surface area contributed by atoms with Crippen molar-refractivity contribution in [2.75, 3.05) is 6.54 Å². The summed E-state index contributed by atoms with van der Waals surface area (Å²) in [4.78, 5) is 37.4. The molecule has 0 saturated carbocycles. The van der Waals surface area contributed by atoms with E-state index in [1.54, 1.807) is 12.1 Å². The molecule has 8 heteroatoms. The van der Waals surface area contributed by atoms with E-state index in [1.165, 1.54) is 41.3 Å². The molecular weight excluding hydrogens is 362 g/mol. The van der Waals surface area contributed by atoms with Gasteiger partial charge in [0.05, 0.1) is 5.56 Å². The van der Waals surface area contributed by atoms with E-state index in [0.717, 1.165) is 0 Å². The molecule has 0 spiro atoms. The first kappa shape index (κ1) is 19.1. The summed E-state index contributed by atoms with van der Waals surface area (Å²) in [5, 5.41) is 16.6. The minimum atomic E-state index is -1.01. The van der Waals surface area contributed by atoms with Crippen LogP contribution in [0.1, 0.15) is 39.1 Å². The summed E-state index contributed by atoms with van der Waals surface area (Å²) in [6, 6.07) is 11.3. The van der Waals surface area contributed by atoms with E-state index < -0.39 is 18.0 Å². The van der Waals surface area contributed by atoms with Gasteiger partial charge in [0, 0.05) is 17.7 Å². The average Bonchev–Trinajstić information content (AvgIpc) is 3.18. The van der Waals surface area contributed by atoms with E-state index in [9.17, 15) is 19.5 Å². The van der Waals surface area contributed by atoms with Gasteiger partial charge in [0.2, 0.25) is 0 Å². The summed E-state index contributed by atoms with van der Waals surface area (Å²) in [6.45, 7) is 0.399. The molecule has 3 rings (SSSR count). The van der Waals surface area contributed by atoms with Crippen molar-refractivity contribution in [1.29, 1.82) is 5.41 Å². The van der Waals surface area contributed by atoms with Gasteiger partial charge in [0.15, 0.2) is 0 Å². The Balaban J connectivity index is 1.68. The van der Waals surface area contributed by atoms with Crippen LogP contribution in [-0.4, -0.2) is 46.3 Å². The van der Waals surface area contributed by atoms with Crippen molar-refractivity contribution in [3.63, 3.8) is 0 Å². The maximum atomic E-state index is 12.5. The van der Waals surface area contributed by atoms with Crippen molar-refractivity contribution in [3.8, 4) is 5.75 Å². The van der Waals surface area contributed by atoms with Crippen LogP contribution in [-0.2, 0) is 4.79 Å². The maximum absolute atomic E-state index is 12.5. The molecule has 8 nitrogen and oxygen atoms in total. The summed E-state index contributed by atoms with van der Waals surface area (Å²) in [5.41, 5.74) is 6.46. The number of nitrogens with one attached hydrogen (secondary N) is 1. The van der Waals surface area contributed by atoms with E-state index in [-0.39, 0.29) is 17.3 Å². The Morgan fingerprint density at radius 1 is 1.00 bits per heavy atom. The molecular formula is C20H19N3O5. The number of esters is 1. The average molecular weight is 381 g/mol. The Hall–Kier alpha value is -3.68. The Labute approximate surface area is 161 Å². The molecule has 0 bridgehead atoms. The standard InChI is InChI=1S/C20H19N3O5/c21-17(22)12-7-9-15(10-8-12)28-20(27)14-5-3-13(4-6-14)18(24)23-11-1-2-16(23)19(25)26/h3-10,16H,1-2,11H2,(H3,21,22)(H,25,26)/t16-/m1/s1. The largest absolute Gasteiger partial charge is 0.480 e. The number of hydrogen-bond donors (Lipinski definition) is 3. The molecule has 0 aromatic heterocycles. The lowest BCUT2D eigenvalue weighted by atomic mass is 10.1. The molecule has 1 atom stereocenters. The fourth-order valence-corrected chi connectivity index (χ4v) is 3.05. The first-order chi connectivity index (χ1) is 13.4. The third kappa shape index (κ3) is 4.01. The lowest BCUT2D eigenvalue weighted by Crippen LogP contribution is -2.40. The second-order valence-electron chi connectivity index (χ2n) is 6.40. The molecule has 1 aliphatic rings. The molecule has 1 amide bonds. The summed E-state index contributed by atoms with van der Waals surface area (Å²) in [5.74, 6) is -1.76. The van der Waals surface area contributed by atoms with Gasteiger partial charge in [-0.2, -0.15) is 0 Å². The number of nitrogens with zero attached hydrogens (tertiary/aromatic N) is 1. The van der Waals surface area contributed by atoms with Crippen LogP contribution in [0.4, 0.5) is 0 Å². The zero-order chi connectivity index (χ0) is 20.3. The number of carbonyl (C=O) groups is 3. The zero-order valence-corrected chi connectivity index (χ0v) is 14.9. The molecule has 1 saturated heterocycles. The molecule has 28 heavy (non-hydrogen) atoms. The number of likely N-dealkylation sites (tertiary alicyclic amines) is 1. The van der Waals surface area contributed by atoms with Gasteiger partial charge in [-0.15, -0.1) is 0 Å². The van der Waals surface area contributed by atoms with Crippen LogP contribution >= 0.6 is 0 Å². The van der Waals surface area contributed by atoms with Crippen LogP contribution < -0.4 is 10.5 Å². The topological polar surface area (TPSA) is 134 Å². The highest BCUT2D eigenvalue weighted by atomic mass is 16.5. The molecule has 2 aromatic carbocycles. The van der Waals surface area contributed by atoms with Crippen LogP contribution in [0.5, 0.6) is 5.75 Å². The first-order valence-corrected chi connectivity index (χ1v) is 8.67. The molecule has 0 radical (unpaired) electrons. The molecule has 1 fully saturated rings. The highest BCUT2D eigenvalue weighted by molar-refractivity contribution is 5.98. The molecule has 2 aromatic rings. The van der Waals surface area contributed by atoms with Gasteiger partial charge in [-0.3, -0.25) is 10.2 Å². The summed E-state index contributed by atoms with van der Waals surface area (Å²) in [6.07, 6.45) is 1.09.